The second-order valence-electron chi connectivity index (χ2n) is 9.07. The van der Waals surface area contributed by atoms with E-state index in [1.165, 1.54) is 44.1 Å². The molecule has 2 aromatic rings. The fourth-order valence-corrected chi connectivity index (χ4v) is 6.16. The summed E-state index contributed by atoms with van der Waals surface area (Å²) < 4.78 is 21.9. The van der Waals surface area contributed by atoms with Crippen molar-refractivity contribution >= 4 is 36.5 Å². The number of rotatable bonds is 12. The van der Waals surface area contributed by atoms with Crippen LogP contribution in [-0.2, 0) is 13.8 Å². The molecule has 1 saturated carbocycles. The molecular formula is C26H35N2O5PS. The zero-order chi connectivity index (χ0) is 25.3. The number of ketones is 1. The number of ether oxygens (including phenoxy) is 1. The molecule has 1 fully saturated rings. The highest BCUT2D eigenvalue weighted by molar-refractivity contribution is 8.00. The second-order valence-corrected chi connectivity index (χ2v) is 12.3. The van der Waals surface area contributed by atoms with Crippen LogP contribution < -0.4 is 0 Å². The lowest BCUT2D eigenvalue weighted by Gasteiger charge is -2.24. The van der Waals surface area contributed by atoms with E-state index in [0.29, 0.717) is 11.3 Å². The molecule has 0 amide bonds. The van der Waals surface area contributed by atoms with Crippen molar-refractivity contribution < 1.29 is 23.5 Å². The Kier molecular flexibility index (Phi) is 10.7. The van der Waals surface area contributed by atoms with Crippen LogP contribution in [0.2, 0.25) is 0 Å². The minimum Gasteiger partial charge on any atom is -0.384 e. The quantitative estimate of drug-likeness (QED) is 0.177. The summed E-state index contributed by atoms with van der Waals surface area (Å²) in [5.74, 6) is -0.438. The smallest absolute Gasteiger partial charge is 0.325 e. The Morgan fingerprint density at radius 3 is 2.17 bits per heavy atom. The number of benzene rings is 2. The number of methoxy groups -OCH3 is 1. The van der Waals surface area contributed by atoms with Crippen LogP contribution in [0.4, 0.5) is 11.4 Å². The zero-order valence-corrected chi connectivity index (χ0v) is 22.3. The van der Waals surface area contributed by atoms with E-state index >= 15 is 0 Å². The number of azo groups is 1. The summed E-state index contributed by atoms with van der Waals surface area (Å²) in [5.41, 5.74) is 1.97. The van der Waals surface area contributed by atoms with Crippen LogP contribution in [0.1, 0.15) is 55.8 Å². The number of hydrogen-bond donors (Lipinski definition) is 1. The van der Waals surface area contributed by atoms with E-state index in [2.05, 4.69) is 22.4 Å². The summed E-state index contributed by atoms with van der Waals surface area (Å²) in [5, 5.41) is 9.33. The van der Waals surface area contributed by atoms with Gasteiger partial charge in [0.2, 0.25) is 0 Å². The summed E-state index contributed by atoms with van der Waals surface area (Å²) in [4.78, 5) is 23.5. The predicted molar refractivity (Wildman–Crippen MR) is 140 cm³/mol. The molecule has 0 aliphatic heterocycles. The minimum atomic E-state index is -3.66. The fourth-order valence-electron chi connectivity index (χ4n) is 4.12. The summed E-state index contributed by atoms with van der Waals surface area (Å²) in [6, 6.07) is 15.1. The van der Waals surface area contributed by atoms with Crippen LogP contribution >= 0.6 is 19.4 Å². The van der Waals surface area contributed by atoms with Gasteiger partial charge in [-0.25, -0.2) is 0 Å². The summed E-state index contributed by atoms with van der Waals surface area (Å²) in [6.45, 7) is 3.05. The molecule has 0 heterocycles. The van der Waals surface area contributed by atoms with Crippen molar-refractivity contribution in [2.75, 3.05) is 20.4 Å². The molecule has 0 radical (unpaired) electrons. The maximum atomic E-state index is 12.8. The summed E-state index contributed by atoms with van der Waals surface area (Å²) >= 11 is 1.96. The van der Waals surface area contributed by atoms with Crippen molar-refractivity contribution in [1.29, 1.82) is 0 Å². The fraction of sp³-hybridized carbons (Fsp3) is 0.500. The first kappa shape index (κ1) is 27.8. The minimum absolute atomic E-state index is 0.0964. The first-order chi connectivity index (χ1) is 16.7. The number of thioether (sulfide) groups is 1. The van der Waals surface area contributed by atoms with Crippen molar-refractivity contribution in [3.8, 4) is 0 Å². The molecule has 0 saturated heterocycles. The van der Waals surface area contributed by atoms with E-state index in [4.69, 9.17) is 9.26 Å². The van der Waals surface area contributed by atoms with E-state index < -0.39 is 13.7 Å². The largest absolute Gasteiger partial charge is 0.384 e. The normalized spacial score (nSPS) is 18.3. The van der Waals surface area contributed by atoms with E-state index in [-0.39, 0.29) is 24.7 Å². The van der Waals surface area contributed by atoms with Gasteiger partial charge in [-0.2, -0.15) is 10.2 Å². The van der Waals surface area contributed by atoms with Crippen molar-refractivity contribution in [3.63, 3.8) is 0 Å². The molecule has 3 atom stereocenters. The SMILES string of the molecule is COC[C@@H](CC(=O)c1ccc(N=Nc2ccc(SC3CCCCC3)cc2)cc1)[C@@H](C)OP(C)(=O)O. The summed E-state index contributed by atoms with van der Waals surface area (Å²) in [7, 11) is -2.13. The molecule has 0 aromatic heterocycles. The van der Waals surface area contributed by atoms with Gasteiger partial charge in [0.1, 0.15) is 0 Å². The topological polar surface area (TPSA) is 97.5 Å². The molecule has 9 heteroatoms. The molecule has 3 rings (SSSR count). The van der Waals surface area contributed by atoms with E-state index in [9.17, 15) is 14.3 Å². The van der Waals surface area contributed by atoms with Crippen molar-refractivity contribution in [2.24, 2.45) is 16.1 Å². The highest BCUT2D eigenvalue weighted by atomic mass is 32.2. The van der Waals surface area contributed by atoms with Gasteiger partial charge < -0.3 is 14.2 Å². The van der Waals surface area contributed by atoms with Gasteiger partial charge in [0.05, 0.1) is 24.1 Å². The highest BCUT2D eigenvalue weighted by Crippen LogP contribution is 2.40. The van der Waals surface area contributed by atoms with Gasteiger partial charge in [-0.15, -0.1) is 11.8 Å². The lowest BCUT2D eigenvalue weighted by molar-refractivity contribution is 0.0563. The third-order valence-electron chi connectivity index (χ3n) is 6.02. The van der Waals surface area contributed by atoms with Gasteiger partial charge in [0, 0.05) is 41.8 Å². The third kappa shape index (κ3) is 9.62. The number of carbonyl (C=O) groups is 1. The van der Waals surface area contributed by atoms with Crippen LogP contribution in [0, 0.1) is 5.92 Å². The Labute approximate surface area is 212 Å². The van der Waals surface area contributed by atoms with Crippen molar-refractivity contribution in [1.82, 2.24) is 0 Å². The third-order valence-corrected chi connectivity index (χ3v) is 8.09. The van der Waals surface area contributed by atoms with Crippen LogP contribution in [0.25, 0.3) is 0 Å². The van der Waals surface area contributed by atoms with E-state index in [1.54, 1.807) is 31.2 Å². The Morgan fingerprint density at radius 2 is 1.63 bits per heavy atom. The van der Waals surface area contributed by atoms with E-state index in [1.807, 2.05) is 23.9 Å². The van der Waals surface area contributed by atoms with Crippen molar-refractivity contribution in [3.05, 3.63) is 54.1 Å². The number of nitrogens with zero attached hydrogens (tertiary/aromatic N) is 2. The van der Waals surface area contributed by atoms with Gasteiger partial charge in [-0.05, 0) is 68.3 Å². The lowest BCUT2D eigenvalue weighted by Crippen LogP contribution is -2.26. The number of carbonyl (C=O) groups excluding carboxylic acids is 1. The van der Waals surface area contributed by atoms with Crippen LogP contribution in [0.15, 0.2) is 63.7 Å². The van der Waals surface area contributed by atoms with Crippen LogP contribution in [-0.4, -0.2) is 42.4 Å². The van der Waals surface area contributed by atoms with Crippen LogP contribution in [0.5, 0.6) is 0 Å². The molecule has 35 heavy (non-hydrogen) atoms. The maximum absolute atomic E-state index is 12.8. The molecule has 1 aliphatic carbocycles. The number of Topliss-reactive ketones (excluding diaryl/α,β-unsaturated/α-hetero) is 1. The number of hydrogen-bond acceptors (Lipinski definition) is 7. The molecule has 2 aromatic carbocycles. The zero-order valence-electron chi connectivity index (χ0n) is 20.6. The first-order valence-corrected chi connectivity index (χ1v) is 14.9. The monoisotopic (exact) mass is 518 g/mol. The summed E-state index contributed by atoms with van der Waals surface area (Å²) in [6.07, 6.45) is 6.17. The molecule has 0 bridgehead atoms. The first-order valence-electron chi connectivity index (χ1n) is 12.0. The second kappa shape index (κ2) is 13.5. The lowest BCUT2D eigenvalue weighted by atomic mass is 9.95. The van der Waals surface area contributed by atoms with E-state index in [0.717, 1.165) is 17.6 Å². The van der Waals surface area contributed by atoms with Gasteiger partial charge in [-0.1, -0.05) is 19.3 Å². The Bertz CT molecular complexity index is 1020. The molecule has 1 aliphatic rings. The average Bonchev–Trinajstić information content (AvgIpc) is 2.83. The van der Waals surface area contributed by atoms with Crippen LogP contribution in [0.3, 0.4) is 0 Å². The Hall–Kier alpha value is -1.83. The molecule has 7 nitrogen and oxygen atoms in total. The maximum Gasteiger partial charge on any atom is 0.325 e. The molecular weight excluding hydrogens is 483 g/mol. The average molecular weight is 519 g/mol. The molecule has 190 valence electrons. The Morgan fingerprint density at radius 1 is 1.06 bits per heavy atom. The van der Waals surface area contributed by atoms with Crippen molar-refractivity contribution in [2.45, 2.75) is 61.7 Å². The highest BCUT2D eigenvalue weighted by Gasteiger charge is 2.26. The van der Waals surface area contributed by atoms with Gasteiger partial charge in [-0.3, -0.25) is 9.36 Å². The Balaban J connectivity index is 1.55. The van der Waals surface area contributed by atoms with Gasteiger partial charge in [0.15, 0.2) is 5.78 Å². The van der Waals surface area contributed by atoms with Gasteiger partial charge in [0.25, 0.3) is 0 Å². The molecule has 1 unspecified atom stereocenters. The standard InChI is InChI=1S/C26H35N2O5PS/c1-19(33-34(3,30)31)21(18-32-2)17-26(29)20-9-11-22(12-10-20)27-28-23-13-15-25(16-14-23)35-24-7-5-4-6-8-24/h9-16,19,21,24H,4-8,17-18H2,1-3H3,(H,30,31)/t19-,21-/m1/s1. The predicted octanol–water partition coefficient (Wildman–Crippen LogP) is 7.58. The molecule has 0 spiro atoms. The van der Waals surface area contributed by atoms with Gasteiger partial charge >= 0.3 is 7.60 Å². The molecule has 1 N–H and O–H groups in total.